The molecule has 0 aromatic heterocycles. The minimum Gasteiger partial charge on any atom is -0.459 e. The fourth-order valence-electron chi connectivity index (χ4n) is 6.21. The molecule has 0 radical (unpaired) electrons. The summed E-state index contributed by atoms with van der Waals surface area (Å²) in [6, 6.07) is 12.4. The highest BCUT2D eigenvalue weighted by Gasteiger charge is 2.46. The Hall–Kier alpha value is -2.48. The highest BCUT2D eigenvalue weighted by Crippen LogP contribution is 2.39. The number of amides is 1. The van der Waals surface area contributed by atoms with Gasteiger partial charge in [-0.25, -0.2) is 4.39 Å². The van der Waals surface area contributed by atoms with Gasteiger partial charge in [-0.3, -0.25) is 19.4 Å². The molecule has 0 spiro atoms. The maximum absolute atomic E-state index is 15.1. The van der Waals surface area contributed by atoms with Crippen LogP contribution in [-0.4, -0.2) is 82.5 Å². The highest BCUT2D eigenvalue weighted by atomic mass is 35.5. The smallest absolute Gasteiger partial charge is 0.324 e. The molecule has 0 saturated carbocycles. The summed E-state index contributed by atoms with van der Waals surface area (Å²) >= 11 is 6.06. The molecule has 0 unspecified atom stereocenters. The molecule has 2 heterocycles. The Bertz CT molecular complexity index is 1270. The third-order valence-electron chi connectivity index (χ3n) is 8.56. The van der Waals surface area contributed by atoms with Crippen molar-refractivity contribution in [1.29, 1.82) is 0 Å². The first kappa shape index (κ1) is 32.4. The largest absolute Gasteiger partial charge is 0.459 e. The van der Waals surface area contributed by atoms with E-state index >= 15 is 4.39 Å². The normalized spacial score (nSPS) is 23.2. The Morgan fingerprint density at radius 2 is 1.67 bits per heavy atom. The molecule has 8 heteroatoms. The molecule has 0 N–H and O–H groups in total. The van der Waals surface area contributed by atoms with Gasteiger partial charge in [-0.15, -0.1) is 0 Å². The molecular weight excluding hydrogens is 553 g/mol. The Morgan fingerprint density at radius 3 is 2.24 bits per heavy atom. The van der Waals surface area contributed by atoms with Crippen molar-refractivity contribution in [3.63, 3.8) is 0 Å². The molecule has 6 nitrogen and oxygen atoms in total. The van der Waals surface area contributed by atoms with Crippen LogP contribution in [0, 0.1) is 18.7 Å². The van der Waals surface area contributed by atoms with Gasteiger partial charge in [0.05, 0.1) is 5.92 Å². The first-order chi connectivity index (χ1) is 19.5. The molecule has 2 aliphatic heterocycles. The van der Waals surface area contributed by atoms with E-state index in [1.807, 2.05) is 39.5 Å². The van der Waals surface area contributed by atoms with Crippen molar-refractivity contribution >= 4 is 23.5 Å². The third-order valence-corrected chi connectivity index (χ3v) is 8.79. The number of hydrogen-bond acceptors (Lipinski definition) is 5. The van der Waals surface area contributed by atoms with Gasteiger partial charge in [0.25, 0.3) is 0 Å². The van der Waals surface area contributed by atoms with Gasteiger partial charge in [-0.05, 0) is 85.1 Å². The molecule has 42 heavy (non-hydrogen) atoms. The SMILES string of the molecule is Cc1ccc(C[C@@H](C(=O)OC(C)(C)C)N2CCN(C(=O)[C@@H]3CN(C(C)(C)C)C[C@H]3c3ccc(Cl)cc3F)[C@@H](C)C2)cc1. The number of carbonyl (C=O) groups is 2. The zero-order valence-corrected chi connectivity index (χ0v) is 27.2. The summed E-state index contributed by atoms with van der Waals surface area (Å²) in [5, 5.41) is 0.347. The number of likely N-dealkylation sites (tertiary alicyclic amines) is 1. The van der Waals surface area contributed by atoms with E-state index in [4.69, 9.17) is 16.3 Å². The van der Waals surface area contributed by atoms with E-state index in [0.29, 0.717) is 49.7 Å². The van der Waals surface area contributed by atoms with Crippen LogP contribution < -0.4 is 0 Å². The molecular formula is C34H47ClFN3O3. The summed E-state index contributed by atoms with van der Waals surface area (Å²) in [5.74, 6) is -1.21. The van der Waals surface area contributed by atoms with E-state index in [1.54, 1.807) is 12.1 Å². The molecule has 1 amide bonds. The highest BCUT2D eigenvalue weighted by molar-refractivity contribution is 6.30. The van der Waals surface area contributed by atoms with Crippen LogP contribution >= 0.6 is 11.6 Å². The zero-order valence-electron chi connectivity index (χ0n) is 26.4. The number of ether oxygens (including phenoxy) is 1. The Labute approximate surface area is 256 Å². The van der Waals surface area contributed by atoms with E-state index in [-0.39, 0.29) is 41.1 Å². The van der Waals surface area contributed by atoms with E-state index in [1.165, 1.54) is 11.6 Å². The van der Waals surface area contributed by atoms with E-state index < -0.39 is 11.6 Å². The molecule has 0 aliphatic carbocycles. The molecule has 2 aromatic rings. The lowest BCUT2D eigenvalue weighted by Crippen LogP contribution is -2.60. The molecule has 2 saturated heterocycles. The van der Waals surface area contributed by atoms with Crippen molar-refractivity contribution in [2.75, 3.05) is 32.7 Å². The van der Waals surface area contributed by atoms with Gasteiger partial charge < -0.3 is 9.64 Å². The van der Waals surface area contributed by atoms with Crippen molar-refractivity contribution in [1.82, 2.24) is 14.7 Å². The van der Waals surface area contributed by atoms with Crippen LogP contribution in [-0.2, 0) is 20.7 Å². The average molecular weight is 600 g/mol. The topological polar surface area (TPSA) is 53.1 Å². The van der Waals surface area contributed by atoms with E-state index in [2.05, 4.69) is 54.8 Å². The number of nitrogens with zero attached hydrogens (tertiary/aromatic N) is 3. The standard InChI is InChI=1S/C34H47ClFN3O3/c1-22-9-11-24(12-10-22)17-30(32(41)42-34(6,7)8)37-15-16-39(23(2)19-37)31(40)28-21-38(33(3,4)5)20-27(28)26-14-13-25(35)18-29(26)36/h9-14,18,23,27-28,30H,15-17,19-21H2,1-8H3/t23-,27-,28+,30-/m0/s1. The second-order valence-corrected chi connectivity index (χ2v) is 14.5. The van der Waals surface area contributed by atoms with Crippen LogP contribution in [0.5, 0.6) is 0 Å². The van der Waals surface area contributed by atoms with Gasteiger partial charge in [0.1, 0.15) is 17.5 Å². The second kappa shape index (κ2) is 12.6. The molecule has 230 valence electrons. The van der Waals surface area contributed by atoms with Gasteiger partial charge in [0, 0.05) is 55.2 Å². The van der Waals surface area contributed by atoms with E-state index in [0.717, 1.165) is 5.56 Å². The maximum atomic E-state index is 15.1. The molecule has 4 rings (SSSR count). The number of hydrogen-bond donors (Lipinski definition) is 0. The number of esters is 1. The first-order valence-corrected chi connectivity index (χ1v) is 15.4. The van der Waals surface area contributed by atoms with Crippen molar-refractivity contribution < 1.29 is 18.7 Å². The van der Waals surface area contributed by atoms with Crippen LogP contribution in [0.4, 0.5) is 4.39 Å². The van der Waals surface area contributed by atoms with Gasteiger partial charge in [0.15, 0.2) is 0 Å². The summed E-state index contributed by atoms with van der Waals surface area (Å²) < 4.78 is 21.0. The van der Waals surface area contributed by atoms with Crippen LogP contribution in [0.2, 0.25) is 5.02 Å². The summed E-state index contributed by atoms with van der Waals surface area (Å²) in [6.07, 6.45) is 0.539. The molecule has 2 fully saturated rings. The summed E-state index contributed by atoms with van der Waals surface area (Å²) in [5.41, 5.74) is 2.03. The number of piperazine rings is 1. The van der Waals surface area contributed by atoms with E-state index in [9.17, 15) is 9.59 Å². The van der Waals surface area contributed by atoms with Gasteiger partial charge >= 0.3 is 5.97 Å². The van der Waals surface area contributed by atoms with Crippen molar-refractivity contribution in [3.05, 3.63) is 70.0 Å². The Kier molecular flexibility index (Phi) is 9.75. The lowest BCUT2D eigenvalue weighted by atomic mass is 9.87. The van der Waals surface area contributed by atoms with Crippen molar-refractivity contribution in [2.24, 2.45) is 5.92 Å². The lowest BCUT2D eigenvalue weighted by molar-refractivity contribution is -0.163. The quantitative estimate of drug-likeness (QED) is 0.376. The predicted octanol–water partition coefficient (Wildman–Crippen LogP) is 6.09. The molecule has 4 atom stereocenters. The number of carbonyl (C=O) groups excluding carboxylic acids is 2. The summed E-state index contributed by atoms with van der Waals surface area (Å²) in [4.78, 5) is 34.0. The number of aryl methyl sites for hydroxylation is 1. The Balaban J connectivity index is 1.54. The number of benzene rings is 2. The lowest BCUT2D eigenvalue weighted by Gasteiger charge is -2.44. The van der Waals surface area contributed by atoms with Gasteiger partial charge in [0.2, 0.25) is 5.91 Å². The van der Waals surface area contributed by atoms with Crippen molar-refractivity contribution in [3.8, 4) is 0 Å². The minimum atomic E-state index is -0.598. The fourth-order valence-corrected chi connectivity index (χ4v) is 6.37. The van der Waals surface area contributed by atoms with Gasteiger partial charge in [-0.1, -0.05) is 47.5 Å². The van der Waals surface area contributed by atoms with Crippen molar-refractivity contribution in [2.45, 2.75) is 91.0 Å². The third kappa shape index (κ3) is 7.72. The molecule has 2 aliphatic rings. The number of rotatable bonds is 6. The summed E-state index contributed by atoms with van der Waals surface area (Å²) in [7, 11) is 0. The summed E-state index contributed by atoms with van der Waals surface area (Å²) in [6.45, 7) is 18.9. The molecule has 2 aromatic carbocycles. The maximum Gasteiger partial charge on any atom is 0.324 e. The average Bonchev–Trinajstić information content (AvgIpc) is 3.33. The fraction of sp³-hybridized carbons (Fsp3) is 0.588. The second-order valence-electron chi connectivity index (χ2n) is 14.1. The van der Waals surface area contributed by atoms with Gasteiger partial charge in [-0.2, -0.15) is 0 Å². The Morgan fingerprint density at radius 1 is 1.00 bits per heavy atom. The van der Waals surface area contributed by atoms with Crippen LogP contribution in [0.1, 0.15) is 71.1 Å². The number of halogens is 2. The van der Waals surface area contributed by atoms with Crippen LogP contribution in [0.25, 0.3) is 0 Å². The zero-order chi connectivity index (χ0) is 31.0. The minimum absolute atomic E-state index is 0.0422. The first-order valence-electron chi connectivity index (χ1n) is 15.1. The van der Waals surface area contributed by atoms with Crippen LogP contribution in [0.3, 0.4) is 0 Å². The molecule has 0 bridgehead atoms. The predicted molar refractivity (Wildman–Crippen MR) is 166 cm³/mol. The van der Waals surface area contributed by atoms with Crippen LogP contribution in [0.15, 0.2) is 42.5 Å². The monoisotopic (exact) mass is 599 g/mol.